The summed E-state index contributed by atoms with van der Waals surface area (Å²) < 4.78 is 5.46. The number of carbonyl (C=O) groups excluding carboxylic acids is 4. The van der Waals surface area contributed by atoms with Gasteiger partial charge in [-0.3, -0.25) is 14.4 Å². The van der Waals surface area contributed by atoms with Crippen LogP contribution in [0.25, 0.3) is 0 Å². The van der Waals surface area contributed by atoms with Gasteiger partial charge in [0, 0.05) is 6.42 Å². The Balaban J connectivity index is 2.98. The molecule has 0 radical (unpaired) electrons. The molecule has 32 heavy (non-hydrogen) atoms. The molecule has 178 valence electrons. The topological polar surface area (TPSA) is 140 Å². The van der Waals surface area contributed by atoms with Gasteiger partial charge in [-0.15, -0.1) is 0 Å². The third-order valence-electron chi connectivity index (χ3n) is 4.28. The molecule has 1 aromatic carbocycles. The molecule has 0 heterocycles. The number of hydrogen-bond acceptors (Lipinski definition) is 6. The van der Waals surface area contributed by atoms with Gasteiger partial charge in [-0.05, 0) is 38.7 Å². The Bertz CT molecular complexity index is 774. The molecule has 0 aromatic heterocycles. The fourth-order valence-electron chi connectivity index (χ4n) is 2.89. The number of ether oxygens (including phenoxy) is 1. The van der Waals surface area contributed by atoms with E-state index >= 15 is 0 Å². The highest BCUT2D eigenvalue weighted by Crippen LogP contribution is 2.13. The van der Waals surface area contributed by atoms with Crippen LogP contribution in [0.5, 0.6) is 0 Å². The van der Waals surface area contributed by atoms with Crippen molar-refractivity contribution in [2.24, 2.45) is 11.7 Å². The third kappa shape index (κ3) is 10.9. The minimum absolute atomic E-state index is 0.126. The molecule has 5 N–H and O–H groups in total. The van der Waals surface area contributed by atoms with Gasteiger partial charge >= 0.3 is 5.97 Å². The second-order valence-electron chi connectivity index (χ2n) is 9.01. The maximum Gasteiger partial charge on any atom is 0.329 e. The number of nitrogens with two attached hydrogens (primary N) is 1. The van der Waals surface area contributed by atoms with Crippen LogP contribution in [0.15, 0.2) is 30.3 Å². The first-order valence-corrected chi connectivity index (χ1v) is 10.7. The number of rotatable bonds is 11. The van der Waals surface area contributed by atoms with Gasteiger partial charge in [0.15, 0.2) is 0 Å². The summed E-state index contributed by atoms with van der Waals surface area (Å²) in [5.74, 6) is -1.93. The average Bonchev–Trinajstić information content (AvgIpc) is 2.70. The minimum Gasteiger partial charge on any atom is -0.458 e. The van der Waals surface area contributed by atoms with Crippen LogP contribution in [0.4, 0.5) is 0 Å². The van der Waals surface area contributed by atoms with E-state index in [2.05, 4.69) is 16.0 Å². The first-order valence-electron chi connectivity index (χ1n) is 10.7. The van der Waals surface area contributed by atoms with Gasteiger partial charge in [0.2, 0.25) is 17.7 Å². The molecule has 0 saturated carbocycles. The summed E-state index contributed by atoms with van der Waals surface area (Å²) in [5.41, 5.74) is 5.36. The normalized spacial score (nSPS) is 13.1. The molecule has 0 spiro atoms. The highest BCUT2D eigenvalue weighted by atomic mass is 16.6. The Labute approximate surface area is 189 Å². The lowest BCUT2D eigenvalue weighted by Crippen LogP contribution is -2.55. The van der Waals surface area contributed by atoms with E-state index in [0.29, 0.717) is 6.42 Å². The molecule has 0 aliphatic heterocycles. The predicted molar refractivity (Wildman–Crippen MR) is 121 cm³/mol. The second kappa shape index (κ2) is 12.8. The van der Waals surface area contributed by atoms with Gasteiger partial charge in [0.1, 0.15) is 17.7 Å². The summed E-state index contributed by atoms with van der Waals surface area (Å²) in [5, 5.41) is 7.74. The molecule has 1 rings (SSSR count). The Morgan fingerprint density at radius 3 is 2.12 bits per heavy atom. The van der Waals surface area contributed by atoms with Crippen molar-refractivity contribution in [1.82, 2.24) is 16.0 Å². The van der Waals surface area contributed by atoms with E-state index in [1.807, 2.05) is 44.2 Å². The smallest absolute Gasteiger partial charge is 0.329 e. The van der Waals surface area contributed by atoms with E-state index in [1.165, 1.54) is 0 Å². The van der Waals surface area contributed by atoms with Crippen LogP contribution in [-0.4, -0.2) is 54.5 Å². The molecule has 0 aliphatic rings. The number of benzene rings is 1. The standard InChI is InChI=1S/C23H36N4O5/c1-15(2)11-18(22(31)32-23(3,4)5)27-21(30)17(12-16-9-7-6-8-10-16)26-20(29)14-25-19(28)13-24/h6-10,15,17-18H,11-14,24H2,1-5H3,(H,25,28)(H,26,29)(H,27,30)/t17-,18-/m0/s1. The van der Waals surface area contributed by atoms with Crippen LogP contribution < -0.4 is 21.7 Å². The van der Waals surface area contributed by atoms with Crippen molar-refractivity contribution in [3.05, 3.63) is 35.9 Å². The Hall–Kier alpha value is -2.94. The van der Waals surface area contributed by atoms with Gasteiger partial charge in [0.05, 0.1) is 13.1 Å². The van der Waals surface area contributed by atoms with Crippen LogP contribution >= 0.6 is 0 Å². The van der Waals surface area contributed by atoms with Gasteiger partial charge < -0.3 is 26.4 Å². The lowest BCUT2D eigenvalue weighted by Gasteiger charge is -2.27. The Morgan fingerprint density at radius 1 is 0.969 bits per heavy atom. The van der Waals surface area contributed by atoms with Crippen molar-refractivity contribution in [3.63, 3.8) is 0 Å². The molecule has 1 aromatic rings. The molecular weight excluding hydrogens is 412 g/mol. The predicted octanol–water partition coefficient (Wildman–Crippen LogP) is 0.661. The zero-order chi connectivity index (χ0) is 24.3. The summed E-state index contributed by atoms with van der Waals surface area (Å²) in [6.07, 6.45) is 0.602. The molecule has 0 saturated heterocycles. The lowest BCUT2D eigenvalue weighted by atomic mass is 10.0. The summed E-state index contributed by atoms with van der Waals surface area (Å²) in [4.78, 5) is 49.4. The van der Waals surface area contributed by atoms with Crippen LogP contribution in [0, 0.1) is 5.92 Å². The van der Waals surface area contributed by atoms with Gasteiger partial charge in [-0.2, -0.15) is 0 Å². The first kappa shape index (κ1) is 27.1. The summed E-state index contributed by atoms with van der Waals surface area (Å²) >= 11 is 0. The Morgan fingerprint density at radius 2 is 1.59 bits per heavy atom. The fraction of sp³-hybridized carbons (Fsp3) is 0.565. The highest BCUT2D eigenvalue weighted by molar-refractivity contribution is 5.92. The lowest BCUT2D eigenvalue weighted by molar-refractivity contribution is -0.159. The highest BCUT2D eigenvalue weighted by Gasteiger charge is 2.30. The average molecular weight is 449 g/mol. The molecular formula is C23H36N4O5. The third-order valence-corrected chi connectivity index (χ3v) is 4.28. The molecule has 3 amide bonds. The maximum absolute atomic E-state index is 13.1. The van der Waals surface area contributed by atoms with Crippen LogP contribution in [0.2, 0.25) is 0 Å². The quantitative estimate of drug-likeness (QED) is 0.367. The van der Waals surface area contributed by atoms with Crippen molar-refractivity contribution in [2.75, 3.05) is 13.1 Å². The minimum atomic E-state index is -0.947. The number of nitrogens with one attached hydrogen (secondary N) is 3. The molecule has 9 nitrogen and oxygen atoms in total. The molecule has 2 atom stereocenters. The van der Waals surface area contributed by atoms with Crippen molar-refractivity contribution < 1.29 is 23.9 Å². The van der Waals surface area contributed by atoms with Crippen molar-refractivity contribution in [1.29, 1.82) is 0 Å². The van der Waals surface area contributed by atoms with E-state index < -0.39 is 41.4 Å². The van der Waals surface area contributed by atoms with Gasteiger partial charge in [-0.1, -0.05) is 44.2 Å². The fourth-order valence-corrected chi connectivity index (χ4v) is 2.89. The number of esters is 1. The van der Waals surface area contributed by atoms with E-state index in [4.69, 9.17) is 10.5 Å². The van der Waals surface area contributed by atoms with Crippen molar-refractivity contribution >= 4 is 23.7 Å². The number of amides is 3. The van der Waals surface area contributed by atoms with E-state index in [9.17, 15) is 19.2 Å². The van der Waals surface area contributed by atoms with Gasteiger partial charge in [0.25, 0.3) is 0 Å². The zero-order valence-electron chi connectivity index (χ0n) is 19.6. The number of hydrogen-bond donors (Lipinski definition) is 4. The van der Waals surface area contributed by atoms with Crippen molar-refractivity contribution in [2.45, 2.75) is 65.1 Å². The Kier molecular flexibility index (Phi) is 10.8. The largest absolute Gasteiger partial charge is 0.458 e. The van der Waals surface area contributed by atoms with E-state index in [0.717, 1.165) is 5.56 Å². The summed E-state index contributed by atoms with van der Waals surface area (Å²) in [7, 11) is 0. The molecule has 0 aliphatic carbocycles. The summed E-state index contributed by atoms with van der Waals surface area (Å²) in [6.45, 7) is 8.59. The number of carbonyl (C=O) groups is 4. The maximum atomic E-state index is 13.1. The first-order chi connectivity index (χ1) is 14.9. The van der Waals surface area contributed by atoms with E-state index in [1.54, 1.807) is 20.8 Å². The molecule has 0 fully saturated rings. The van der Waals surface area contributed by atoms with Crippen LogP contribution in [0.1, 0.15) is 46.6 Å². The monoisotopic (exact) mass is 448 g/mol. The van der Waals surface area contributed by atoms with Crippen LogP contribution in [-0.2, 0) is 30.3 Å². The zero-order valence-corrected chi connectivity index (χ0v) is 19.6. The molecule has 9 heteroatoms. The van der Waals surface area contributed by atoms with E-state index in [-0.39, 0.29) is 25.4 Å². The van der Waals surface area contributed by atoms with Gasteiger partial charge in [-0.25, -0.2) is 4.79 Å². The summed E-state index contributed by atoms with van der Waals surface area (Å²) in [6, 6.07) is 7.38. The second-order valence-corrected chi connectivity index (χ2v) is 9.01. The van der Waals surface area contributed by atoms with Crippen LogP contribution in [0.3, 0.4) is 0 Å². The SMILES string of the molecule is CC(C)C[C@H](NC(=O)[C@H](Cc1ccccc1)NC(=O)CNC(=O)CN)C(=O)OC(C)(C)C. The van der Waals surface area contributed by atoms with Crippen molar-refractivity contribution in [3.8, 4) is 0 Å². The molecule has 0 unspecified atom stereocenters. The molecule has 0 bridgehead atoms.